The van der Waals surface area contributed by atoms with E-state index in [4.69, 9.17) is 19.8 Å². The van der Waals surface area contributed by atoms with Gasteiger partial charge >= 0.3 is 12.0 Å². The first-order valence-electron chi connectivity index (χ1n) is 11.7. The van der Waals surface area contributed by atoms with Gasteiger partial charge in [0.1, 0.15) is 11.5 Å². The van der Waals surface area contributed by atoms with Crippen LogP contribution in [0.3, 0.4) is 0 Å². The summed E-state index contributed by atoms with van der Waals surface area (Å²) in [5, 5.41) is 15.5. The second-order valence-corrected chi connectivity index (χ2v) is 8.35. The third-order valence-corrected chi connectivity index (χ3v) is 6.04. The normalized spacial score (nSPS) is 13.5. The number of carboxylic acids is 1. The molecule has 0 radical (unpaired) electrons. The van der Waals surface area contributed by atoms with E-state index in [-0.39, 0.29) is 5.56 Å². The number of urea groups is 1. The molecule has 184 valence electrons. The number of aromatic nitrogens is 3. The van der Waals surface area contributed by atoms with Crippen LogP contribution in [0.2, 0.25) is 0 Å². The van der Waals surface area contributed by atoms with Crippen LogP contribution in [-0.4, -0.2) is 57.9 Å². The first-order valence-corrected chi connectivity index (χ1v) is 11.7. The Balaban J connectivity index is 1.35. The number of hydrogen-bond acceptors (Lipinski definition) is 6. The number of aryl methyl sites for hydroxylation is 1. The van der Waals surface area contributed by atoms with Crippen LogP contribution in [0.25, 0.3) is 22.4 Å². The molecule has 0 saturated carbocycles. The molecule has 0 bridgehead atoms. The van der Waals surface area contributed by atoms with Crippen molar-refractivity contribution in [3.63, 3.8) is 0 Å². The monoisotopic (exact) mass is 486 g/mol. The molecule has 2 amide bonds. The number of ether oxygens (including phenoxy) is 1. The van der Waals surface area contributed by atoms with Crippen molar-refractivity contribution < 1.29 is 19.4 Å². The molecule has 10 heteroatoms. The van der Waals surface area contributed by atoms with Gasteiger partial charge in [0.2, 0.25) is 0 Å². The number of nitrogens with zero attached hydrogens (tertiary/aromatic N) is 4. The molecule has 0 spiro atoms. The Hall–Kier alpha value is -4.44. The number of benzene rings is 2. The molecular weight excluding hydrogens is 460 g/mol. The Morgan fingerprint density at radius 1 is 0.944 bits per heavy atom. The highest BCUT2D eigenvalue weighted by Gasteiger charge is 2.19. The Morgan fingerprint density at radius 2 is 1.58 bits per heavy atom. The second-order valence-electron chi connectivity index (χ2n) is 8.35. The van der Waals surface area contributed by atoms with Crippen molar-refractivity contribution in [2.45, 2.75) is 13.5 Å². The van der Waals surface area contributed by atoms with Crippen LogP contribution in [0.5, 0.6) is 0 Å². The van der Waals surface area contributed by atoms with Gasteiger partial charge in [0.25, 0.3) is 0 Å². The summed E-state index contributed by atoms with van der Waals surface area (Å²) in [5.74, 6) is 0.502. The maximum Gasteiger partial charge on any atom is 0.335 e. The van der Waals surface area contributed by atoms with Crippen molar-refractivity contribution in [3.8, 4) is 11.4 Å². The van der Waals surface area contributed by atoms with E-state index < -0.39 is 12.0 Å². The molecule has 36 heavy (non-hydrogen) atoms. The number of morpholine rings is 1. The Kier molecular flexibility index (Phi) is 6.50. The summed E-state index contributed by atoms with van der Waals surface area (Å²) in [6.45, 7) is 5.78. The van der Waals surface area contributed by atoms with Crippen molar-refractivity contribution in [1.29, 1.82) is 0 Å². The molecule has 3 N–H and O–H groups in total. The molecule has 1 aliphatic heterocycles. The van der Waals surface area contributed by atoms with Crippen LogP contribution in [0.1, 0.15) is 17.3 Å². The van der Waals surface area contributed by atoms with Crippen molar-refractivity contribution >= 4 is 40.2 Å². The van der Waals surface area contributed by atoms with Crippen LogP contribution in [-0.2, 0) is 11.3 Å². The number of hydrogen-bond donors (Lipinski definition) is 3. The third kappa shape index (κ3) is 4.84. The summed E-state index contributed by atoms with van der Waals surface area (Å²) >= 11 is 0. The SMILES string of the molecule is CCn1ccc2c(N3CCOCC3)nc(-c3ccc(NC(=O)Nc4ccc(C(=O)O)cc4)cc3)nc21. The first-order chi connectivity index (χ1) is 17.5. The van der Waals surface area contributed by atoms with E-state index in [0.717, 1.165) is 42.0 Å². The lowest BCUT2D eigenvalue weighted by atomic mass is 10.2. The zero-order chi connectivity index (χ0) is 25.1. The fraction of sp³-hybridized carbons (Fsp3) is 0.231. The fourth-order valence-electron chi connectivity index (χ4n) is 4.14. The van der Waals surface area contributed by atoms with E-state index in [1.807, 2.05) is 18.3 Å². The van der Waals surface area contributed by atoms with Gasteiger partial charge in [-0.3, -0.25) is 0 Å². The minimum atomic E-state index is -1.02. The molecule has 5 rings (SSSR count). The molecule has 2 aromatic heterocycles. The average Bonchev–Trinajstić information content (AvgIpc) is 3.32. The molecule has 1 fully saturated rings. The summed E-state index contributed by atoms with van der Waals surface area (Å²) in [4.78, 5) is 35.4. The largest absolute Gasteiger partial charge is 0.478 e. The molecule has 4 aromatic rings. The van der Waals surface area contributed by atoms with Crippen LogP contribution in [0.15, 0.2) is 60.8 Å². The van der Waals surface area contributed by atoms with Gasteiger partial charge in [-0.05, 0) is 61.5 Å². The predicted octanol–water partition coefficient (Wildman–Crippen LogP) is 4.30. The zero-order valence-corrected chi connectivity index (χ0v) is 19.8. The molecule has 3 heterocycles. The number of aromatic carboxylic acids is 1. The summed E-state index contributed by atoms with van der Waals surface area (Å²) in [6.07, 6.45) is 2.04. The Morgan fingerprint density at radius 3 is 2.19 bits per heavy atom. The van der Waals surface area contributed by atoms with Crippen molar-refractivity contribution in [1.82, 2.24) is 14.5 Å². The summed E-state index contributed by atoms with van der Waals surface area (Å²) in [6, 6.07) is 14.9. The minimum absolute atomic E-state index is 0.153. The number of amides is 2. The van der Waals surface area contributed by atoms with Gasteiger partial charge in [0, 0.05) is 42.8 Å². The smallest absolute Gasteiger partial charge is 0.335 e. The van der Waals surface area contributed by atoms with Crippen molar-refractivity contribution in [2.24, 2.45) is 0 Å². The quantitative estimate of drug-likeness (QED) is 0.372. The molecule has 0 aliphatic carbocycles. The molecule has 10 nitrogen and oxygen atoms in total. The van der Waals surface area contributed by atoms with Crippen LogP contribution >= 0.6 is 0 Å². The van der Waals surface area contributed by atoms with E-state index in [1.54, 1.807) is 12.1 Å². The summed E-state index contributed by atoms with van der Waals surface area (Å²) < 4.78 is 7.62. The van der Waals surface area contributed by atoms with E-state index in [9.17, 15) is 9.59 Å². The van der Waals surface area contributed by atoms with Gasteiger partial charge in [-0.1, -0.05) is 0 Å². The lowest BCUT2D eigenvalue weighted by Crippen LogP contribution is -2.37. The van der Waals surface area contributed by atoms with Crippen LogP contribution in [0.4, 0.5) is 22.0 Å². The second kappa shape index (κ2) is 10.0. The van der Waals surface area contributed by atoms with Gasteiger partial charge in [0.05, 0.1) is 24.2 Å². The van der Waals surface area contributed by atoms with E-state index in [1.165, 1.54) is 24.3 Å². The number of carbonyl (C=O) groups is 2. The lowest BCUT2D eigenvalue weighted by molar-refractivity contribution is 0.0697. The highest BCUT2D eigenvalue weighted by atomic mass is 16.5. The van der Waals surface area contributed by atoms with E-state index in [0.29, 0.717) is 30.4 Å². The van der Waals surface area contributed by atoms with Gasteiger partial charge in [0.15, 0.2) is 5.82 Å². The maximum absolute atomic E-state index is 12.4. The standard InChI is InChI=1S/C26H26N6O4/c1-2-31-12-11-21-23(31)29-22(30-24(21)32-13-15-36-16-14-32)17-3-7-19(8-4-17)27-26(35)28-20-9-5-18(6-10-20)25(33)34/h3-12H,2,13-16H2,1H3,(H,33,34)(H2,27,28,35). The number of carboxylic acid groups (broad SMARTS) is 1. The lowest BCUT2D eigenvalue weighted by Gasteiger charge is -2.28. The third-order valence-electron chi connectivity index (χ3n) is 6.04. The Labute approximate surface area is 207 Å². The van der Waals surface area contributed by atoms with Crippen LogP contribution < -0.4 is 15.5 Å². The number of rotatable bonds is 6. The molecular formula is C26H26N6O4. The number of nitrogens with one attached hydrogen (secondary N) is 2. The zero-order valence-electron chi connectivity index (χ0n) is 19.8. The van der Waals surface area contributed by atoms with Crippen molar-refractivity contribution in [3.05, 3.63) is 66.4 Å². The molecule has 2 aromatic carbocycles. The highest BCUT2D eigenvalue weighted by Crippen LogP contribution is 2.29. The van der Waals surface area contributed by atoms with Crippen molar-refractivity contribution in [2.75, 3.05) is 41.8 Å². The first kappa shape index (κ1) is 23.3. The van der Waals surface area contributed by atoms with Gasteiger partial charge in [-0.2, -0.15) is 0 Å². The van der Waals surface area contributed by atoms with E-state index >= 15 is 0 Å². The van der Waals surface area contributed by atoms with E-state index in [2.05, 4.69) is 33.1 Å². The molecule has 1 aliphatic rings. The fourth-order valence-corrected chi connectivity index (χ4v) is 4.14. The number of anilines is 3. The number of fused-ring (bicyclic) bond motifs is 1. The van der Waals surface area contributed by atoms with Crippen LogP contribution in [0, 0.1) is 0 Å². The molecule has 0 atom stereocenters. The minimum Gasteiger partial charge on any atom is -0.478 e. The maximum atomic E-state index is 12.4. The predicted molar refractivity (Wildman–Crippen MR) is 138 cm³/mol. The molecule has 0 unspecified atom stereocenters. The van der Waals surface area contributed by atoms with Gasteiger partial charge < -0.3 is 29.9 Å². The average molecular weight is 487 g/mol. The molecule has 1 saturated heterocycles. The topological polar surface area (TPSA) is 122 Å². The number of carbonyl (C=O) groups excluding carboxylic acids is 1. The summed E-state index contributed by atoms with van der Waals surface area (Å²) in [7, 11) is 0. The van der Waals surface area contributed by atoms with Gasteiger partial charge in [-0.15, -0.1) is 0 Å². The summed E-state index contributed by atoms with van der Waals surface area (Å²) in [5.41, 5.74) is 2.97. The van der Waals surface area contributed by atoms with Gasteiger partial charge in [-0.25, -0.2) is 19.6 Å². The Bertz CT molecular complexity index is 1390. The highest BCUT2D eigenvalue weighted by molar-refractivity contribution is 6.00.